The van der Waals surface area contributed by atoms with Crippen LogP contribution in [0.25, 0.3) is 0 Å². The Hall–Kier alpha value is -1.09. The Bertz CT molecular complexity index is 255. The monoisotopic (exact) mass is 183 g/mol. The van der Waals surface area contributed by atoms with E-state index in [9.17, 15) is 4.39 Å². The predicted octanol–water partition coefficient (Wildman–Crippen LogP) is 2.33. The van der Waals surface area contributed by atoms with Crippen molar-refractivity contribution in [3.05, 3.63) is 29.6 Å². The fraction of sp³-hybridized carbons (Fsp3) is 0.400. The van der Waals surface area contributed by atoms with Gasteiger partial charge in [0.15, 0.2) is 0 Å². The molecule has 3 heteroatoms. The van der Waals surface area contributed by atoms with Crippen molar-refractivity contribution in [3.63, 3.8) is 0 Å². The number of nitrogen functional groups attached to an aromatic ring is 1. The lowest BCUT2D eigenvalue weighted by molar-refractivity contribution is 0.119. The lowest BCUT2D eigenvalue weighted by Crippen LogP contribution is -2.01. The van der Waals surface area contributed by atoms with Crippen molar-refractivity contribution in [1.29, 1.82) is 0 Å². The number of hydrogen-bond acceptors (Lipinski definition) is 2. The zero-order valence-corrected chi connectivity index (χ0v) is 7.72. The molecule has 1 aromatic rings. The lowest BCUT2D eigenvalue weighted by Gasteiger charge is -2.06. The molecule has 0 bridgehead atoms. The minimum Gasteiger partial charge on any atom is -0.398 e. The van der Waals surface area contributed by atoms with E-state index in [1.54, 1.807) is 12.1 Å². The molecule has 0 amide bonds. The fourth-order valence-electron chi connectivity index (χ4n) is 1.05. The maximum Gasteiger partial charge on any atom is 0.130 e. The molecule has 0 aliphatic rings. The number of nitrogens with two attached hydrogens (primary N) is 1. The average molecular weight is 183 g/mol. The third-order valence-electron chi connectivity index (χ3n) is 1.75. The summed E-state index contributed by atoms with van der Waals surface area (Å²) in [6.07, 6.45) is 0.925. The highest BCUT2D eigenvalue weighted by atomic mass is 19.1. The van der Waals surface area contributed by atoms with Crippen LogP contribution in [0.3, 0.4) is 0 Å². The molecule has 0 heterocycles. The minimum atomic E-state index is -0.295. The van der Waals surface area contributed by atoms with Crippen LogP contribution in [-0.4, -0.2) is 6.61 Å². The van der Waals surface area contributed by atoms with E-state index in [1.165, 1.54) is 6.07 Å². The van der Waals surface area contributed by atoms with Crippen molar-refractivity contribution in [2.75, 3.05) is 12.3 Å². The molecule has 0 saturated carbocycles. The maximum absolute atomic E-state index is 13.1. The summed E-state index contributed by atoms with van der Waals surface area (Å²) in [7, 11) is 0. The lowest BCUT2D eigenvalue weighted by atomic mass is 10.2. The van der Waals surface area contributed by atoms with Gasteiger partial charge < -0.3 is 10.5 Å². The zero-order chi connectivity index (χ0) is 9.68. The number of benzene rings is 1. The first-order chi connectivity index (χ1) is 6.25. The minimum absolute atomic E-state index is 0.256. The highest BCUT2D eigenvalue weighted by Crippen LogP contribution is 2.16. The van der Waals surface area contributed by atoms with E-state index < -0.39 is 0 Å². The van der Waals surface area contributed by atoms with Crippen LogP contribution in [0.1, 0.15) is 18.9 Å². The summed E-state index contributed by atoms with van der Waals surface area (Å²) in [6, 6.07) is 4.66. The third kappa shape index (κ3) is 2.70. The first-order valence-corrected chi connectivity index (χ1v) is 4.36. The second-order valence-electron chi connectivity index (χ2n) is 2.86. The van der Waals surface area contributed by atoms with E-state index in [4.69, 9.17) is 10.5 Å². The quantitative estimate of drug-likeness (QED) is 0.574. The number of rotatable bonds is 4. The van der Waals surface area contributed by atoms with Gasteiger partial charge in [-0.05, 0) is 18.6 Å². The van der Waals surface area contributed by atoms with E-state index >= 15 is 0 Å². The molecule has 1 rings (SSSR count). The second-order valence-corrected chi connectivity index (χ2v) is 2.86. The fourth-order valence-corrected chi connectivity index (χ4v) is 1.05. The molecule has 0 saturated heterocycles. The second kappa shape index (κ2) is 4.82. The summed E-state index contributed by atoms with van der Waals surface area (Å²) in [5.41, 5.74) is 6.49. The number of ether oxygens (including phenoxy) is 1. The van der Waals surface area contributed by atoms with Crippen molar-refractivity contribution >= 4 is 5.69 Å². The van der Waals surface area contributed by atoms with Crippen LogP contribution >= 0.6 is 0 Å². The van der Waals surface area contributed by atoms with E-state index in [0.717, 1.165) is 6.42 Å². The number of hydrogen-bond donors (Lipinski definition) is 1. The molecule has 0 spiro atoms. The number of anilines is 1. The Morgan fingerprint density at radius 1 is 1.46 bits per heavy atom. The van der Waals surface area contributed by atoms with Crippen LogP contribution in [0.4, 0.5) is 10.1 Å². The van der Waals surface area contributed by atoms with Gasteiger partial charge in [-0.25, -0.2) is 4.39 Å². The van der Waals surface area contributed by atoms with Gasteiger partial charge in [-0.2, -0.15) is 0 Å². The van der Waals surface area contributed by atoms with Gasteiger partial charge in [0.05, 0.1) is 6.61 Å². The molecule has 13 heavy (non-hydrogen) atoms. The van der Waals surface area contributed by atoms with Gasteiger partial charge >= 0.3 is 0 Å². The molecule has 0 unspecified atom stereocenters. The highest BCUT2D eigenvalue weighted by Gasteiger charge is 2.04. The molecule has 0 radical (unpaired) electrons. The van der Waals surface area contributed by atoms with Crippen molar-refractivity contribution in [3.8, 4) is 0 Å². The molecule has 72 valence electrons. The average Bonchev–Trinajstić information content (AvgIpc) is 2.10. The molecule has 1 aromatic carbocycles. The number of halogens is 1. The SMILES string of the molecule is CCCOCc1c(N)cccc1F. The van der Waals surface area contributed by atoms with Crippen LogP contribution in [0, 0.1) is 5.82 Å². The molecule has 0 aromatic heterocycles. The van der Waals surface area contributed by atoms with Gasteiger partial charge in [-0.15, -0.1) is 0 Å². The first kappa shape index (κ1) is 9.99. The van der Waals surface area contributed by atoms with Crippen molar-refractivity contribution < 1.29 is 9.13 Å². The molecular weight excluding hydrogens is 169 g/mol. The van der Waals surface area contributed by atoms with Crippen molar-refractivity contribution in [2.45, 2.75) is 20.0 Å². The Balaban J connectivity index is 2.64. The molecule has 0 aliphatic heterocycles. The van der Waals surface area contributed by atoms with Crippen LogP contribution in [0.5, 0.6) is 0 Å². The largest absolute Gasteiger partial charge is 0.398 e. The van der Waals surface area contributed by atoms with Crippen LogP contribution < -0.4 is 5.73 Å². The summed E-state index contributed by atoms with van der Waals surface area (Å²) in [5.74, 6) is -0.295. The molecule has 2 N–H and O–H groups in total. The molecule has 2 nitrogen and oxygen atoms in total. The van der Waals surface area contributed by atoms with Gasteiger partial charge in [0.2, 0.25) is 0 Å². The first-order valence-electron chi connectivity index (χ1n) is 4.36. The smallest absolute Gasteiger partial charge is 0.130 e. The van der Waals surface area contributed by atoms with Crippen molar-refractivity contribution in [1.82, 2.24) is 0 Å². The Kier molecular flexibility index (Phi) is 3.71. The van der Waals surface area contributed by atoms with Crippen molar-refractivity contribution in [2.24, 2.45) is 0 Å². The van der Waals surface area contributed by atoms with Gasteiger partial charge in [0.25, 0.3) is 0 Å². The van der Waals surface area contributed by atoms with Crippen LogP contribution in [0.15, 0.2) is 18.2 Å². The van der Waals surface area contributed by atoms with Gasteiger partial charge in [0.1, 0.15) is 5.82 Å². The standard InChI is InChI=1S/C10H14FNO/c1-2-6-13-7-8-9(11)4-3-5-10(8)12/h3-5H,2,6-7,12H2,1H3. The van der Waals surface area contributed by atoms with Gasteiger partial charge in [-0.3, -0.25) is 0 Å². The molecule has 0 fully saturated rings. The summed E-state index contributed by atoms with van der Waals surface area (Å²) >= 11 is 0. The van der Waals surface area contributed by atoms with Crippen LogP contribution in [0.2, 0.25) is 0 Å². The van der Waals surface area contributed by atoms with E-state index in [1.807, 2.05) is 6.92 Å². The third-order valence-corrected chi connectivity index (χ3v) is 1.75. The summed E-state index contributed by atoms with van der Waals surface area (Å²) < 4.78 is 18.3. The molecular formula is C10H14FNO. The van der Waals surface area contributed by atoms with Gasteiger partial charge in [0, 0.05) is 17.9 Å². The Morgan fingerprint density at radius 2 is 2.23 bits per heavy atom. The van der Waals surface area contributed by atoms with Gasteiger partial charge in [-0.1, -0.05) is 13.0 Å². The van der Waals surface area contributed by atoms with E-state index in [-0.39, 0.29) is 12.4 Å². The zero-order valence-electron chi connectivity index (χ0n) is 7.72. The topological polar surface area (TPSA) is 35.2 Å². The van der Waals surface area contributed by atoms with E-state index in [2.05, 4.69) is 0 Å². The molecule has 0 atom stereocenters. The summed E-state index contributed by atoms with van der Waals surface area (Å²) in [6.45, 7) is 2.89. The predicted molar refractivity (Wildman–Crippen MR) is 50.8 cm³/mol. The van der Waals surface area contributed by atoms with E-state index in [0.29, 0.717) is 17.9 Å². The molecule has 0 aliphatic carbocycles. The Labute approximate surface area is 77.5 Å². The van der Waals surface area contributed by atoms with Crippen LogP contribution in [-0.2, 0) is 11.3 Å². The summed E-state index contributed by atoms with van der Waals surface area (Å²) in [5, 5.41) is 0. The summed E-state index contributed by atoms with van der Waals surface area (Å²) in [4.78, 5) is 0. The highest BCUT2D eigenvalue weighted by molar-refractivity contribution is 5.46. The Morgan fingerprint density at radius 3 is 2.85 bits per heavy atom. The maximum atomic E-state index is 13.1. The normalized spacial score (nSPS) is 10.3.